The summed E-state index contributed by atoms with van der Waals surface area (Å²) in [6.07, 6.45) is 1.32. The highest BCUT2D eigenvalue weighted by Crippen LogP contribution is 2.30. The van der Waals surface area contributed by atoms with Crippen LogP contribution in [0.4, 0.5) is 5.69 Å². The van der Waals surface area contributed by atoms with E-state index in [1.807, 2.05) is 6.92 Å². The van der Waals surface area contributed by atoms with Gasteiger partial charge in [0.2, 0.25) is 0 Å². The summed E-state index contributed by atoms with van der Waals surface area (Å²) >= 11 is 0. The fourth-order valence-electron chi connectivity index (χ4n) is 1.78. The summed E-state index contributed by atoms with van der Waals surface area (Å²) in [4.78, 5) is 10.3. The van der Waals surface area contributed by atoms with Crippen LogP contribution in [0.15, 0.2) is 18.2 Å². The molecule has 0 heterocycles. The Bertz CT molecular complexity index is 428. The predicted octanol–water partition coefficient (Wildman–Crippen LogP) is 2.27. The van der Waals surface area contributed by atoms with Crippen LogP contribution in [0, 0.1) is 10.1 Å². The summed E-state index contributed by atoms with van der Waals surface area (Å²) < 4.78 is 0. The van der Waals surface area contributed by atoms with Gasteiger partial charge in [0.1, 0.15) is 5.75 Å². The molecule has 1 aromatic rings. The standard InChI is InChI=1S/C12H18N2O4.ClH/c1-2-3-4-11(16)12(13)9-7-8(15)5-6-10(9)14(17)18;/h5-7,11-12,15-16H,2-4,13H2,1H3;1H/t11-,12+;/m1./s1. The quantitative estimate of drug-likeness (QED) is 0.550. The summed E-state index contributed by atoms with van der Waals surface area (Å²) in [6, 6.07) is 2.78. The van der Waals surface area contributed by atoms with Gasteiger partial charge in [-0.25, -0.2) is 0 Å². The minimum absolute atomic E-state index is 0. The molecule has 0 bridgehead atoms. The first kappa shape index (κ1) is 17.6. The Morgan fingerprint density at radius 2 is 2.11 bits per heavy atom. The molecule has 0 aliphatic heterocycles. The number of aromatic hydroxyl groups is 1. The average Bonchev–Trinajstić information content (AvgIpc) is 2.34. The third kappa shape index (κ3) is 4.66. The van der Waals surface area contributed by atoms with Crippen molar-refractivity contribution in [1.29, 1.82) is 0 Å². The van der Waals surface area contributed by atoms with Crippen molar-refractivity contribution in [3.05, 3.63) is 33.9 Å². The van der Waals surface area contributed by atoms with E-state index >= 15 is 0 Å². The highest BCUT2D eigenvalue weighted by atomic mass is 35.5. The first-order chi connectivity index (χ1) is 8.47. The van der Waals surface area contributed by atoms with Gasteiger partial charge in [0, 0.05) is 6.07 Å². The Morgan fingerprint density at radius 1 is 1.47 bits per heavy atom. The number of nitrogens with zero attached hydrogens (tertiary/aromatic N) is 1. The zero-order valence-corrected chi connectivity index (χ0v) is 11.5. The lowest BCUT2D eigenvalue weighted by Crippen LogP contribution is -2.26. The number of rotatable bonds is 6. The van der Waals surface area contributed by atoms with Gasteiger partial charge < -0.3 is 15.9 Å². The number of nitro benzene ring substituents is 1. The minimum atomic E-state index is -0.871. The molecule has 108 valence electrons. The molecule has 4 N–H and O–H groups in total. The Hall–Kier alpha value is -1.37. The maximum atomic E-state index is 10.9. The Labute approximate surface area is 117 Å². The fourth-order valence-corrected chi connectivity index (χ4v) is 1.78. The van der Waals surface area contributed by atoms with Crippen LogP contribution in [-0.4, -0.2) is 21.2 Å². The van der Waals surface area contributed by atoms with Crippen LogP contribution in [0.5, 0.6) is 5.75 Å². The monoisotopic (exact) mass is 290 g/mol. The first-order valence-corrected chi connectivity index (χ1v) is 5.88. The number of aliphatic hydroxyl groups is 1. The highest BCUT2D eigenvalue weighted by molar-refractivity contribution is 5.85. The molecule has 19 heavy (non-hydrogen) atoms. The molecule has 0 amide bonds. The van der Waals surface area contributed by atoms with Crippen molar-refractivity contribution in [3.8, 4) is 5.75 Å². The molecule has 1 rings (SSSR count). The van der Waals surface area contributed by atoms with Gasteiger partial charge in [0.25, 0.3) is 5.69 Å². The molecular weight excluding hydrogens is 272 g/mol. The van der Waals surface area contributed by atoms with Gasteiger partial charge >= 0.3 is 0 Å². The summed E-state index contributed by atoms with van der Waals surface area (Å²) in [5.74, 6) is -0.103. The maximum Gasteiger partial charge on any atom is 0.274 e. The summed E-state index contributed by atoms with van der Waals surface area (Å²) in [5.41, 5.74) is 5.79. The molecule has 0 unspecified atom stereocenters. The SMILES string of the molecule is CCCC[C@@H](O)[C@@H](N)c1cc(O)ccc1[N+](=O)[O-].Cl. The number of halogens is 1. The molecule has 6 nitrogen and oxygen atoms in total. The molecule has 0 fully saturated rings. The van der Waals surface area contributed by atoms with Gasteiger partial charge in [-0.2, -0.15) is 0 Å². The van der Waals surface area contributed by atoms with E-state index in [2.05, 4.69) is 0 Å². The van der Waals surface area contributed by atoms with Gasteiger partial charge in [-0.15, -0.1) is 12.4 Å². The molecule has 0 aliphatic carbocycles. The number of nitrogens with two attached hydrogens (primary N) is 1. The number of nitro groups is 1. The van der Waals surface area contributed by atoms with E-state index in [-0.39, 0.29) is 29.4 Å². The number of aliphatic hydroxyl groups excluding tert-OH is 1. The Balaban J connectivity index is 0.00000324. The van der Waals surface area contributed by atoms with Crippen molar-refractivity contribution >= 4 is 18.1 Å². The average molecular weight is 291 g/mol. The van der Waals surface area contributed by atoms with Crippen molar-refractivity contribution in [3.63, 3.8) is 0 Å². The second kappa shape index (κ2) is 7.93. The Kier molecular flexibility index (Phi) is 7.36. The van der Waals surface area contributed by atoms with Crippen molar-refractivity contribution in [2.75, 3.05) is 0 Å². The molecule has 0 saturated carbocycles. The van der Waals surface area contributed by atoms with E-state index in [1.165, 1.54) is 18.2 Å². The summed E-state index contributed by atoms with van der Waals surface area (Å²) in [7, 11) is 0. The molecule has 7 heteroatoms. The number of benzene rings is 1. The van der Waals surface area contributed by atoms with Crippen LogP contribution >= 0.6 is 12.4 Å². The van der Waals surface area contributed by atoms with Crippen molar-refractivity contribution in [2.24, 2.45) is 5.73 Å². The highest BCUT2D eigenvalue weighted by Gasteiger charge is 2.25. The summed E-state index contributed by atoms with van der Waals surface area (Å²) in [5, 5.41) is 30.1. The van der Waals surface area contributed by atoms with Crippen LogP contribution in [0.3, 0.4) is 0 Å². The lowest BCUT2D eigenvalue weighted by Gasteiger charge is -2.19. The van der Waals surface area contributed by atoms with Crippen LogP contribution < -0.4 is 5.73 Å². The largest absolute Gasteiger partial charge is 0.508 e. The predicted molar refractivity (Wildman–Crippen MR) is 74.5 cm³/mol. The zero-order chi connectivity index (χ0) is 13.7. The van der Waals surface area contributed by atoms with Crippen LogP contribution in [-0.2, 0) is 0 Å². The van der Waals surface area contributed by atoms with E-state index in [4.69, 9.17) is 5.73 Å². The molecule has 1 aromatic carbocycles. The second-order valence-corrected chi connectivity index (χ2v) is 4.24. The van der Waals surface area contributed by atoms with Gasteiger partial charge in [0.15, 0.2) is 0 Å². The number of unbranched alkanes of at least 4 members (excludes halogenated alkanes) is 1. The third-order valence-electron chi connectivity index (χ3n) is 2.83. The van der Waals surface area contributed by atoms with E-state index in [0.717, 1.165) is 12.8 Å². The fraction of sp³-hybridized carbons (Fsp3) is 0.500. The number of hydrogen-bond donors (Lipinski definition) is 3. The van der Waals surface area contributed by atoms with Gasteiger partial charge in [-0.05, 0) is 18.6 Å². The first-order valence-electron chi connectivity index (χ1n) is 5.88. The number of hydrogen-bond acceptors (Lipinski definition) is 5. The Morgan fingerprint density at radius 3 is 2.63 bits per heavy atom. The van der Waals surface area contributed by atoms with Gasteiger partial charge in [0.05, 0.1) is 22.6 Å². The normalized spacial score (nSPS) is 13.4. The molecule has 2 atom stereocenters. The minimum Gasteiger partial charge on any atom is -0.508 e. The number of phenolic OH excluding ortho intramolecular Hbond substituents is 1. The van der Waals surface area contributed by atoms with Crippen LogP contribution in [0.2, 0.25) is 0 Å². The second-order valence-electron chi connectivity index (χ2n) is 4.24. The van der Waals surface area contributed by atoms with E-state index in [0.29, 0.717) is 6.42 Å². The molecule has 0 spiro atoms. The zero-order valence-electron chi connectivity index (χ0n) is 10.7. The van der Waals surface area contributed by atoms with Crippen molar-refractivity contribution < 1.29 is 15.1 Å². The van der Waals surface area contributed by atoms with Crippen molar-refractivity contribution in [2.45, 2.75) is 38.3 Å². The van der Waals surface area contributed by atoms with E-state index in [1.54, 1.807) is 0 Å². The third-order valence-corrected chi connectivity index (χ3v) is 2.83. The molecule has 0 saturated heterocycles. The van der Waals surface area contributed by atoms with Gasteiger partial charge in [-0.1, -0.05) is 19.8 Å². The van der Waals surface area contributed by atoms with Gasteiger partial charge in [-0.3, -0.25) is 10.1 Å². The molecule has 0 aromatic heterocycles. The maximum absolute atomic E-state index is 10.9. The molecule has 0 aliphatic rings. The molecular formula is C12H19ClN2O4. The van der Waals surface area contributed by atoms with Crippen LogP contribution in [0.25, 0.3) is 0 Å². The van der Waals surface area contributed by atoms with E-state index < -0.39 is 17.1 Å². The smallest absolute Gasteiger partial charge is 0.274 e. The summed E-state index contributed by atoms with van der Waals surface area (Å²) in [6.45, 7) is 1.98. The topological polar surface area (TPSA) is 110 Å². The lowest BCUT2D eigenvalue weighted by molar-refractivity contribution is -0.385. The van der Waals surface area contributed by atoms with Crippen LogP contribution in [0.1, 0.15) is 37.8 Å². The number of phenols is 1. The molecule has 0 radical (unpaired) electrons. The van der Waals surface area contributed by atoms with Crippen molar-refractivity contribution in [1.82, 2.24) is 0 Å². The van der Waals surface area contributed by atoms with E-state index in [9.17, 15) is 20.3 Å². The lowest BCUT2D eigenvalue weighted by atomic mass is 9.97.